The third kappa shape index (κ3) is 3.95. The van der Waals surface area contributed by atoms with Gasteiger partial charge in [-0.1, -0.05) is 24.8 Å². The van der Waals surface area contributed by atoms with Crippen LogP contribution in [0.4, 0.5) is 10.5 Å². The van der Waals surface area contributed by atoms with E-state index in [9.17, 15) is 9.59 Å². The van der Waals surface area contributed by atoms with Gasteiger partial charge in [0.15, 0.2) is 5.78 Å². The number of carbonyl (C=O) groups is 2. The van der Waals surface area contributed by atoms with Crippen molar-refractivity contribution in [3.63, 3.8) is 0 Å². The van der Waals surface area contributed by atoms with Gasteiger partial charge in [0.1, 0.15) is 5.60 Å². The fourth-order valence-electron chi connectivity index (χ4n) is 2.02. The summed E-state index contributed by atoms with van der Waals surface area (Å²) in [6, 6.07) is 10.8. The number of ether oxygens (including phenoxy) is 1. The molecule has 4 heteroatoms. The number of amides is 1. The van der Waals surface area contributed by atoms with E-state index in [0.29, 0.717) is 11.3 Å². The largest absolute Gasteiger partial charge is 0.444 e. The standard InChI is InChI=1S/C18H19NO3/c1-5-16(20)14-7-6-13-11-15(9-8-12(13)10-14)19-17(21)22-18(2,3)4/h5-11H,1H2,2-4H3,(H,19,21). The van der Waals surface area contributed by atoms with Crippen LogP contribution in [0.15, 0.2) is 49.1 Å². The minimum absolute atomic E-state index is 0.113. The molecule has 0 saturated heterocycles. The van der Waals surface area contributed by atoms with E-state index in [4.69, 9.17) is 4.74 Å². The molecule has 0 aromatic heterocycles. The van der Waals surface area contributed by atoms with E-state index in [1.165, 1.54) is 6.08 Å². The van der Waals surface area contributed by atoms with Gasteiger partial charge in [-0.2, -0.15) is 0 Å². The van der Waals surface area contributed by atoms with Crippen LogP contribution < -0.4 is 5.32 Å². The van der Waals surface area contributed by atoms with Crippen molar-refractivity contribution < 1.29 is 14.3 Å². The Morgan fingerprint density at radius 2 is 1.73 bits per heavy atom. The van der Waals surface area contributed by atoms with Gasteiger partial charge in [-0.15, -0.1) is 0 Å². The highest BCUT2D eigenvalue weighted by Crippen LogP contribution is 2.21. The highest BCUT2D eigenvalue weighted by molar-refractivity contribution is 6.06. The van der Waals surface area contributed by atoms with Crippen LogP contribution in [0.2, 0.25) is 0 Å². The molecule has 0 aliphatic heterocycles. The van der Waals surface area contributed by atoms with Crippen molar-refractivity contribution in [2.75, 3.05) is 5.32 Å². The fraction of sp³-hybridized carbons (Fsp3) is 0.222. The number of anilines is 1. The number of rotatable bonds is 3. The number of hydrogen-bond acceptors (Lipinski definition) is 3. The lowest BCUT2D eigenvalue weighted by Gasteiger charge is -2.19. The first-order chi connectivity index (χ1) is 10.3. The number of carbonyl (C=O) groups excluding carboxylic acids is 2. The Balaban J connectivity index is 2.22. The summed E-state index contributed by atoms with van der Waals surface area (Å²) in [5.74, 6) is -0.113. The molecule has 0 aliphatic rings. The second-order valence-corrected chi connectivity index (χ2v) is 5.97. The summed E-state index contributed by atoms with van der Waals surface area (Å²) in [5, 5.41) is 4.54. The lowest BCUT2D eigenvalue weighted by Crippen LogP contribution is -2.27. The molecule has 0 saturated carbocycles. The summed E-state index contributed by atoms with van der Waals surface area (Å²) in [5.41, 5.74) is 0.695. The maximum atomic E-state index is 11.8. The number of allylic oxidation sites excluding steroid dienone is 1. The van der Waals surface area contributed by atoms with Crippen LogP contribution >= 0.6 is 0 Å². The van der Waals surface area contributed by atoms with Gasteiger partial charge in [-0.3, -0.25) is 10.1 Å². The lowest BCUT2D eigenvalue weighted by molar-refractivity contribution is 0.0636. The monoisotopic (exact) mass is 297 g/mol. The first-order valence-electron chi connectivity index (χ1n) is 6.99. The van der Waals surface area contributed by atoms with E-state index < -0.39 is 11.7 Å². The fourth-order valence-corrected chi connectivity index (χ4v) is 2.02. The molecule has 4 nitrogen and oxygen atoms in total. The van der Waals surface area contributed by atoms with Crippen LogP contribution in [-0.4, -0.2) is 17.5 Å². The number of fused-ring (bicyclic) bond motifs is 1. The molecule has 0 heterocycles. The highest BCUT2D eigenvalue weighted by atomic mass is 16.6. The molecule has 0 aliphatic carbocycles. The Kier molecular flexibility index (Phi) is 4.31. The number of nitrogens with one attached hydrogen (secondary N) is 1. The zero-order valence-corrected chi connectivity index (χ0v) is 13.0. The van der Waals surface area contributed by atoms with Crippen LogP contribution in [0, 0.1) is 0 Å². The molecule has 1 N–H and O–H groups in total. The number of hydrogen-bond donors (Lipinski definition) is 1. The van der Waals surface area contributed by atoms with Crippen LogP contribution in [-0.2, 0) is 4.74 Å². The second kappa shape index (κ2) is 6.02. The van der Waals surface area contributed by atoms with Gasteiger partial charge in [-0.05, 0) is 55.8 Å². The van der Waals surface area contributed by atoms with Gasteiger partial charge in [0.05, 0.1) is 0 Å². The summed E-state index contributed by atoms with van der Waals surface area (Å²) in [6.45, 7) is 8.91. The quantitative estimate of drug-likeness (QED) is 0.667. The van der Waals surface area contributed by atoms with Gasteiger partial charge in [-0.25, -0.2) is 4.79 Å². The Bertz CT molecular complexity index is 742. The molecule has 0 radical (unpaired) electrons. The Labute approximate surface area is 129 Å². The molecule has 22 heavy (non-hydrogen) atoms. The third-order valence-corrected chi connectivity index (χ3v) is 2.96. The number of benzene rings is 2. The summed E-state index contributed by atoms with van der Waals surface area (Å²) < 4.78 is 5.21. The van der Waals surface area contributed by atoms with Crippen molar-refractivity contribution in [2.24, 2.45) is 0 Å². The van der Waals surface area contributed by atoms with Crippen molar-refractivity contribution in [1.29, 1.82) is 0 Å². The van der Waals surface area contributed by atoms with E-state index in [2.05, 4.69) is 11.9 Å². The molecule has 2 rings (SSSR count). The van der Waals surface area contributed by atoms with Gasteiger partial charge in [0.25, 0.3) is 0 Å². The first-order valence-corrected chi connectivity index (χ1v) is 6.99. The summed E-state index contributed by atoms with van der Waals surface area (Å²) in [6.07, 6.45) is 0.796. The van der Waals surface area contributed by atoms with E-state index in [1.807, 2.05) is 39.0 Å². The van der Waals surface area contributed by atoms with Crippen LogP contribution in [0.5, 0.6) is 0 Å². The van der Waals surface area contributed by atoms with Gasteiger partial charge in [0.2, 0.25) is 0 Å². The summed E-state index contributed by atoms with van der Waals surface area (Å²) in [7, 11) is 0. The van der Waals surface area contributed by atoms with Gasteiger partial charge >= 0.3 is 6.09 Å². The maximum absolute atomic E-state index is 11.8. The molecule has 0 unspecified atom stereocenters. The highest BCUT2D eigenvalue weighted by Gasteiger charge is 2.16. The van der Waals surface area contributed by atoms with Gasteiger partial charge in [0, 0.05) is 11.3 Å². The van der Waals surface area contributed by atoms with E-state index in [0.717, 1.165) is 10.8 Å². The molecule has 114 valence electrons. The predicted molar refractivity (Wildman–Crippen MR) is 88.3 cm³/mol. The molecule has 2 aromatic rings. The molecule has 0 bridgehead atoms. The minimum Gasteiger partial charge on any atom is -0.444 e. The molecular weight excluding hydrogens is 278 g/mol. The van der Waals surface area contributed by atoms with Crippen LogP contribution in [0.1, 0.15) is 31.1 Å². The van der Waals surface area contributed by atoms with Crippen LogP contribution in [0.25, 0.3) is 10.8 Å². The third-order valence-electron chi connectivity index (χ3n) is 2.96. The molecule has 0 fully saturated rings. The van der Waals surface area contributed by atoms with E-state index >= 15 is 0 Å². The minimum atomic E-state index is -0.541. The zero-order chi connectivity index (χ0) is 16.3. The van der Waals surface area contributed by atoms with Crippen molar-refractivity contribution in [2.45, 2.75) is 26.4 Å². The van der Waals surface area contributed by atoms with Crippen LogP contribution in [0.3, 0.4) is 0 Å². The predicted octanol–water partition coefficient (Wildman–Crippen LogP) is 4.56. The molecule has 1 amide bonds. The summed E-state index contributed by atoms with van der Waals surface area (Å²) >= 11 is 0. The zero-order valence-electron chi connectivity index (χ0n) is 13.0. The number of ketones is 1. The van der Waals surface area contributed by atoms with E-state index in [-0.39, 0.29) is 5.78 Å². The molecule has 2 aromatic carbocycles. The topological polar surface area (TPSA) is 55.4 Å². The van der Waals surface area contributed by atoms with Gasteiger partial charge < -0.3 is 4.74 Å². The Morgan fingerprint density at radius 3 is 2.36 bits per heavy atom. The second-order valence-electron chi connectivity index (χ2n) is 5.97. The van der Waals surface area contributed by atoms with Crippen molar-refractivity contribution >= 4 is 28.3 Å². The van der Waals surface area contributed by atoms with Crippen molar-refractivity contribution in [3.05, 3.63) is 54.6 Å². The van der Waals surface area contributed by atoms with Crippen molar-refractivity contribution in [1.82, 2.24) is 0 Å². The molecule has 0 spiro atoms. The van der Waals surface area contributed by atoms with E-state index in [1.54, 1.807) is 18.2 Å². The normalized spacial score (nSPS) is 11.0. The first kappa shape index (κ1) is 15.8. The maximum Gasteiger partial charge on any atom is 0.412 e. The summed E-state index contributed by atoms with van der Waals surface area (Å²) in [4.78, 5) is 23.4. The van der Waals surface area contributed by atoms with Crippen molar-refractivity contribution in [3.8, 4) is 0 Å². The molecule has 0 atom stereocenters. The average Bonchev–Trinajstić information content (AvgIpc) is 2.43. The smallest absolute Gasteiger partial charge is 0.412 e. The SMILES string of the molecule is C=CC(=O)c1ccc2cc(NC(=O)OC(C)(C)C)ccc2c1. The Morgan fingerprint density at radius 1 is 1.09 bits per heavy atom. The average molecular weight is 297 g/mol. The molecular formula is C18H19NO3. The lowest BCUT2D eigenvalue weighted by atomic mass is 10.0. The Hall–Kier alpha value is -2.62.